The van der Waals surface area contributed by atoms with Gasteiger partial charge in [0.05, 0.1) is 12.1 Å². The van der Waals surface area contributed by atoms with Gasteiger partial charge in [0.15, 0.2) is 5.13 Å². The van der Waals surface area contributed by atoms with E-state index >= 15 is 0 Å². The van der Waals surface area contributed by atoms with Crippen molar-refractivity contribution in [1.29, 1.82) is 0 Å². The van der Waals surface area contributed by atoms with E-state index in [2.05, 4.69) is 15.6 Å². The van der Waals surface area contributed by atoms with E-state index in [-0.39, 0.29) is 36.7 Å². The van der Waals surface area contributed by atoms with Gasteiger partial charge in [-0.25, -0.2) is 4.98 Å². The van der Waals surface area contributed by atoms with Crippen molar-refractivity contribution in [3.63, 3.8) is 0 Å². The Kier molecular flexibility index (Phi) is 7.14. The molecule has 1 saturated carbocycles. The van der Waals surface area contributed by atoms with Crippen LogP contribution in [0.3, 0.4) is 0 Å². The van der Waals surface area contributed by atoms with E-state index in [4.69, 9.17) is 0 Å². The van der Waals surface area contributed by atoms with Gasteiger partial charge < -0.3 is 15.5 Å². The summed E-state index contributed by atoms with van der Waals surface area (Å²) in [7, 11) is 0. The summed E-state index contributed by atoms with van der Waals surface area (Å²) in [4.78, 5) is 43.7. The van der Waals surface area contributed by atoms with Crippen molar-refractivity contribution in [2.24, 2.45) is 0 Å². The third-order valence-electron chi connectivity index (χ3n) is 5.33. The highest BCUT2D eigenvalue weighted by Gasteiger charge is 2.34. The summed E-state index contributed by atoms with van der Waals surface area (Å²) < 4.78 is 0. The Morgan fingerprint density at radius 2 is 1.76 bits per heavy atom. The maximum atomic E-state index is 12.9. The van der Waals surface area contributed by atoms with Crippen LogP contribution in [0.2, 0.25) is 0 Å². The minimum Gasteiger partial charge on any atom is -0.352 e. The molecule has 0 bridgehead atoms. The Hall–Kier alpha value is -3.52. The number of carbonyl (C=O) groups is 3. The predicted octanol–water partition coefficient (Wildman–Crippen LogP) is 3.55. The SMILES string of the molecule is Cc1ccc(C(=O)N(CC(=O)Nc2nc(CC(=O)NCc3ccccc3)cs2)C2CC2)cc1. The molecule has 1 aromatic heterocycles. The van der Waals surface area contributed by atoms with Crippen molar-refractivity contribution in [3.05, 3.63) is 82.4 Å². The predicted molar refractivity (Wildman–Crippen MR) is 128 cm³/mol. The number of nitrogens with zero attached hydrogens (tertiary/aromatic N) is 2. The molecule has 0 aliphatic heterocycles. The highest BCUT2D eigenvalue weighted by molar-refractivity contribution is 7.13. The van der Waals surface area contributed by atoms with Gasteiger partial charge in [-0.3, -0.25) is 14.4 Å². The third kappa shape index (κ3) is 6.49. The lowest BCUT2D eigenvalue weighted by atomic mass is 10.1. The molecular formula is C25H26N4O3S. The zero-order valence-electron chi connectivity index (χ0n) is 18.4. The summed E-state index contributed by atoms with van der Waals surface area (Å²) in [5.41, 5.74) is 3.28. The molecule has 0 unspecified atom stereocenters. The van der Waals surface area contributed by atoms with Crippen LogP contribution in [-0.2, 0) is 22.6 Å². The Morgan fingerprint density at radius 3 is 2.45 bits per heavy atom. The minimum atomic E-state index is -0.295. The van der Waals surface area contributed by atoms with Crippen LogP contribution in [0.1, 0.15) is 40.0 Å². The number of aromatic nitrogens is 1. The van der Waals surface area contributed by atoms with Gasteiger partial charge in [-0.15, -0.1) is 11.3 Å². The normalized spacial score (nSPS) is 12.8. The van der Waals surface area contributed by atoms with Crippen LogP contribution in [0, 0.1) is 6.92 Å². The quantitative estimate of drug-likeness (QED) is 0.509. The van der Waals surface area contributed by atoms with E-state index in [9.17, 15) is 14.4 Å². The molecule has 3 aromatic rings. The molecular weight excluding hydrogens is 436 g/mol. The van der Waals surface area contributed by atoms with Gasteiger partial charge in [0.25, 0.3) is 5.91 Å². The molecule has 3 amide bonds. The number of hydrogen-bond acceptors (Lipinski definition) is 5. The summed E-state index contributed by atoms with van der Waals surface area (Å²) in [5, 5.41) is 7.81. The fourth-order valence-corrected chi connectivity index (χ4v) is 4.12. The zero-order valence-corrected chi connectivity index (χ0v) is 19.2. The number of anilines is 1. The van der Waals surface area contributed by atoms with Crippen LogP contribution >= 0.6 is 11.3 Å². The molecule has 2 N–H and O–H groups in total. The smallest absolute Gasteiger partial charge is 0.254 e. The van der Waals surface area contributed by atoms with Gasteiger partial charge in [0.1, 0.15) is 6.54 Å². The standard InChI is InChI=1S/C25H26N4O3S/c1-17-7-9-19(10-8-17)24(32)29(21-11-12-21)15-23(31)28-25-27-20(16-33-25)13-22(30)26-14-18-5-3-2-4-6-18/h2-10,16,21H,11-15H2,1H3,(H,26,30)(H,27,28,31). The van der Waals surface area contributed by atoms with Crippen LogP contribution in [0.4, 0.5) is 5.13 Å². The number of amides is 3. The molecule has 33 heavy (non-hydrogen) atoms. The van der Waals surface area contributed by atoms with Gasteiger partial charge in [-0.2, -0.15) is 0 Å². The third-order valence-corrected chi connectivity index (χ3v) is 6.14. The second-order valence-corrected chi connectivity index (χ2v) is 9.02. The molecule has 0 atom stereocenters. The highest BCUT2D eigenvalue weighted by Crippen LogP contribution is 2.28. The molecule has 1 fully saturated rings. The van der Waals surface area contributed by atoms with Gasteiger partial charge in [-0.05, 0) is 37.5 Å². The van der Waals surface area contributed by atoms with Gasteiger partial charge >= 0.3 is 0 Å². The van der Waals surface area contributed by atoms with Gasteiger partial charge in [0, 0.05) is 23.5 Å². The minimum absolute atomic E-state index is 0.0240. The van der Waals surface area contributed by atoms with E-state index in [1.54, 1.807) is 22.4 Å². The Balaban J connectivity index is 1.29. The lowest BCUT2D eigenvalue weighted by Crippen LogP contribution is -2.39. The molecule has 1 heterocycles. The maximum Gasteiger partial charge on any atom is 0.254 e. The molecule has 2 aromatic carbocycles. The van der Waals surface area contributed by atoms with Crippen molar-refractivity contribution < 1.29 is 14.4 Å². The second-order valence-electron chi connectivity index (χ2n) is 8.16. The first-order valence-corrected chi connectivity index (χ1v) is 11.8. The first-order chi connectivity index (χ1) is 16.0. The zero-order chi connectivity index (χ0) is 23.2. The van der Waals surface area contributed by atoms with Crippen molar-refractivity contribution in [3.8, 4) is 0 Å². The van der Waals surface area contributed by atoms with Crippen molar-refractivity contribution >= 4 is 34.2 Å². The van der Waals surface area contributed by atoms with Crippen molar-refractivity contribution in [2.75, 3.05) is 11.9 Å². The van der Waals surface area contributed by atoms with E-state index in [1.807, 2.05) is 49.4 Å². The molecule has 1 aliphatic rings. The monoisotopic (exact) mass is 462 g/mol. The summed E-state index contributed by atoms with van der Waals surface area (Å²) in [6.07, 6.45) is 1.95. The topological polar surface area (TPSA) is 91.4 Å². The number of thiazole rings is 1. The van der Waals surface area contributed by atoms with E-state index < -0.39 is 0 Å². The second kappa shape index (κ2) is 10.4. The number of nitrogens with one attached hydrogen (secondary N) is 2. The molecule has 0 radical (unpaired) electrons. The summed E-state index contributed by atoms with van der Waals surface area (Å²) >= 11 is 1.27. The van der Waals surface area contributed by atoms with Crippen LogP contribution in [0.15, 0.2) is 60.0 Å². The molecule has 8 heteroatoms. The lowest BCUT2D eigenvalue weighted by molar-refractivity contribution is -0.120. The number of rotatable bonds is 9. The largest absolute Gasteiger partial charge is 0.352 e. The molecule has 0 spiro atoms. The lowest BCUT2D eigenvalue weighted by Gasteiger charge is -2.21. The van der Waals surface area contributed by atoms with Crippen LogP contribution in [-0.4, -0.2) is 40.2 Å². The maximum absolute atomic E-state index is 12.9. The Morgan fingerprint density at radius 1 is 1.03 bits per heavy atom. The van der Waals surface area contributed by atoms with Crippen molar-refractivity contribution in [2.45, 2.75) is 38.8 Å². The molecule has 170 valence electrons. The number of hydrogen-bond donors (Lipinski definition) is 2. The number of carbonyl (C=O) groups excluding carboxylic acids is 3. The molecule has 1 aliphatic carbocycles. The van der Waals surface area contributed by atoms with E-state index in [0.29, 0.717) is 22.9 Å². The molecule has 0 saturated heterocycles. The summed E-state index contributed by atoms with van der Waals surface area (Å²) in [5.74, 6) is -0.565. The molecule has 4 rings (SSSR count). The summed E-state index contributed by atoms with van der Waals surface area (Å²) in [6.45, 7) is 2.40. The average molecular weight is 463 g/mol. The van der Waals surface area contributed by atoms with Crippen LogP contribution in [0.25, 0.3) is 0 Å². The van der Waals surface area contributed by atoms with Crippen LogP contribution in [0.5, 0.6) is 0 Å². The Labute approximate surface area is 196 Å². The van der Waals surface area contributed by atoms with E-state index in [1.165, 1.54) is 11.3 Å². The van der Waals surface area contributed by atoms with E-state index in [0.717, 1.165) is 24.0 Å². The summed E-state index contributed by atoms with van der Waals surface area (Å²) in [6, 6.07) is 17.2. The van der Waals surface area contributed by atoms with Crippen LogP contribution < -0.4 is 10.6 Å². The van der Waals surface area contributed by atoms with Crippen molar-refractivity contribution in [1.82, 2.24) is 15.2 Å². The first-order valence-electron chi connectivity index (χ1n) is 10.9. The fraction of sp³-hybridized carbons (Fsp3) is 0.280. The Bertz CT molecular complexity index is 1120. The fourth-order valence-electron chi connectivity index (χ4n) is 3.40. The molecule has 7 nitrogen and oxygen atoms in total. The number of aryl methyl sites for hydroxylation is 1. The van der Waals surface area contributed by atoms with Gasteiger partial charge in [0.2, 0.25) is 11.8 Å². The average Bonchev–Trinajstić information content (AvgIpc) is 3.57. The number of benzene rings is 2. The highest BCUT2D eigenvalue weighted by atomic mass is 32.1. The van der Waals surface area contributed by atoms with Gasteiger partial charge in [-0.1, -0.05) is 48.0 Å². The first kappa shape index (κ1) is 22.7.